The number of aryl methyl sites for hydroxylation is 1. The lowest BCUT2D eigenvalue weighted by Crippen LogP contribution is -2.81. The number of hydrogen-bond acceptors (Lipinski definition) is 2. The van der Waals surface area contributed by atoms with Crippen LogP contribution in [0, 0.1) is 6.92 Å². The number of likely N-dealkylation sites (N-methyl/N-ethyl adjacent to an activating group) is 1. The SMILES string of the molecule is C[NH2+]CCN1C(=O)[C@H](C)S[C@H]1c1ccccc1C. The second-order valence-electron chi connectivity index (χ2n) is 4.72. The lowest BCUT2D eigenvalue weighted by molar-refractivity contribution is -0.626. The van der Waals surface area contributed by atoms with Gasteiger partial charge in [-0.15, -0.1) is 11.8 Å². The van der Waals surface area contributed by atoms with E-state index in [-0.39, 0.29) is 16.5 Å². The van der Waals surface area contributed by atoms with E-state index in [4.69, 9.17) is 0 Å². The largest absolute Gasteiger partial charge is 0.347 e. The van der Waals surface area contributed by atoms with Gasteiger partial charge in [-0.2, -0.15) is 0 Å². The summed E-state index contributed by atoms with van der Waals surface area (Å²) < 4.78 is 0. The Labute approximate surface area is 113 Å². The molecule has 1 aromatic rings. The van der Waals surface area contributed by atoms with Crippen molar-refractivity contribution in [1.82, 2.24) is 4.90 Å². The third kappa shape index (κ3) is 2.54. The van der Waals surface area contributed by atoms with Crippen molar-refractivity contribution in [3.63, 3.8) is 0 Å². The van der Waals surface area contributed by atoms with Crippen LogP contribution in [0.5, 0.6) is 0 Å². The van der Waals surface area contributed by atoms with Crippen LogP contribution in [0.15, 0.2) is 24.3 Å². The maximum absolute atomic E-state index is 12.2. The van der Waals surface area contributed by atoms with E-state index in [2.05, 4.69) is 30.4 Å². The minimum Gasteiger partial charge on any atom is -0.347 e. The first-order valence-electron chi connectivity index (χ1n) is 6.44. The highest BCUT2D eigenvalue weighted by molar-refractivity contribution is 8.01. The van der Waals surface area contributed by atoms with Crippen LogP contribution in [0.25, 0.3) is 0 Å². The second kappa shape index (κ2) is 5.76. The van der Waals surface area contributed by atoms with Gasteiger partial charge in [-0.1, -0.05) is 24.3 Å². The Bertz CT molecular complexity index is 436. The molecule has 0 aromatic heterocycles. The van der Waals surface area contributed by atoms with Crippen LogP contribution in [-0.4, -0.2) is 36.2 Å². The van der Waals surface area contributed by atoms with Gasteiger partial charge in [0.1, 0.15) is 5.37 Å². The summed E-state index contributed by atoms with van der Waals surface area (Å²) in [6.07, 6.45) is 0. The monoisotopic (exact) mass is 265 g/mol. The molecule has 0 radical (unpaired) electrons. The van der Waals surface area contributed by atoms with E-state index in [1.54, 1.807) is 11.8 Å². The fourth-order valence-electron chi connectivity index (χ4n) is 2.27. The summed E-state index contributed by atoms with van der Waals surface area (Å²) in [7, 11) is 2.04. The van der Waals surface area contributed by atoms with Crippen LogP contribution in [0.2, 0.25) is 0 Å². The molecule has 98 valence electrons. The molecule has 1 aliphatic heterocycles. The molecule has 2 rings (SSSR count). The van der Waals surface area contributed by atoms with E-state index >= 15 is 0 Å². The minimum absolute atomic E-state index is 0.0754. The van der Waals surface area contributed by atoms with Gasteiger partial charge in [0.2, 0.25) is 5.91 Å². The van der Waals surface area contributed by atoms with Gasteiger partial charge in [0.05, 0.1) is 25.4 Å². The predicted octanol–water partition coefficient (Wildman–Crippen LogP) is 1.15. The summed E-state index contributed by atoms with van der Waals surface area (Å²) in [5.41, 5.74) is 2.54. The highest BCUT2D eigenvalue weighted by atomic mass is 32.2. The number of nitrogens with zero attached hydrogens (tertiary/aromatic N) is 1. The molecular weight excluding hydrogens is 244 g/mol. The van der Waals surface area contributed by atoms with Crippen LogP contribution in [-0.2, 0) is 4.79 Å². The van der Waals surface area contributed by atoms with E-state index < -0.39 is 0 Å². The van der Waals surface area contributed by atoms with Gasteiger partial charge in [0, 0.05) is 0 Å². The molecule has 1 saturated heterocycles. The van der Waals surface area contributed by atoms with Crippen LogP contribution in [0.3, 0.4) is 0 Å². The molecule has 0 bridgehead atoms. The molecule has 1 aromatic carbocycles. The van der Waals surface area contributed by atoms with E-state index in [1.807, 2.05) is 24.9 Å². The standard InChI is InChI=1S/C14H20N2OS/c1-10-6-4-5-7-12(10)14-16(9-8-15-3)13(17)11(2)18-14/h4-7,11,14-15H,8-9H2,1-3H3/p+1/t11-,14-/m0/s1. The molecule has 0 aliphatic carbocycles. The summed E-state index contributed by atoms with van der Waals surface area (Å²) in [5.74, 6) is 0.273. The third-order valence-electron chi connectivity index (χ3n) is 3.36. The molecule has 1 amide bonds. The molecule has 0 spiro atoms. The van der Waals surface area contributed by atoms with Crippen molar-refractivity contribution >= 4 is 17.7 Å². The zero-order chi connectivity index (χ0) is 13.1. The first kappa shape index (κ1) is 13.4. The molecule has 2 N–H and O–H groups in total. The van der Waals surface area contributed by atoms with Crippen LogP contribution in [0.4, 0.5) is 0 Å². The molecule has 1 aliphatic rings. The Hall–Kier alpha value is -1.00. The molecule has 1 fully saturated rings. The number of thioether (sulfide) groups is 1. The van der Waals surface area contributed by atoms with Crippen molar-refractivity contribution in [2.24, 2.45) is 0 Å². The molecular formula is C14H21N2OS+. The maximum atomic E-state index is 12.2. The normalized spacial score (nSPS) is 23.7. The number of amides is 1. The van der Waals surface area contributed by atoms with Crippen LogP contribution < -0.4 is 5.32 Å². The molecule has 18 heavy (non-hydrogen) atoms. The Morgan fingerprint density at radius 2 is 2.11 bits per heavy atom. The van der Waals surface area contributed by atoms with Crippen molar-refractivity contribution in [3.8, 4) is 0 Å². The van der Waals surface area contributed by atoms with Crippen molar-refractivity contribution < 1.29 is 10.1 Å². The van der Waals surface area contributed by atoms with Gasteiger partial charge in [0.25, 0.3) is 0 Å². The zero-order valence-electron chi connectivity index (χ0n) is 11.2. The number of carbonyl (C=O) groups is 1. The highest BCUT2D eigenvalue weighted by Gasteiger charge is 2.38. The molecule has 0 saturated carbocycles. The molecule has 3 nitrogen and oxygen atoms in total. The summed E-state index contributed by atoms with van der Waals surface area (Å²) in [5, 5.41) is 2.38. The third-order valence-corrected chi connectivity index (χ3v) is 4.74. The first-order chi connectivity index (χ1) is 8.65. The Morgan fingerprint density at radius 3 is 2.78 bits per heavy atom. The van der Waals surface area contributed by atoms with Crippen LogP contribution in [0.1, 0.15) is 23.4 Å². The van der Waals surface area contributed by atoms with Gasteiger partial charge in [-0.25, -0.2) is 0 Å². The Balaban J connectivity index is 2.25. The number of hydrogen-bond donors (Lipinski definition) is 1. The maximum Gasteiger partial charge on any atom is 0.236 e. The zero-order valence-corrected chi connectivity index (χ0v) is 12.0. The van der Waals surface area contributed by atoms with Crippen LogP contribution >= 0.6 is 11.8 Å². The molecule has 0 unspecified atom stereocenters. The van der Waals surface area contributed by atoms with Gasteiger partial charge in [-0.05, 0) is 25.0 Å². The fraction of sp³-hybridized carbons (Fsp3) is 0.500. The smallest absolute Gasteiger partial charge is 0.236 e. The summed E-state index contributed by atoms with van der Waals surface area (Å²) in [4.78, 5) is 14.2. The number of carbonyl (C=O) groups excluding carboxylic acids is 1. The van der Waals surface area contributed by atoms with Crippen molar-refractivity contribution in [3.05, 3.63) is 35.4 Å². The molecule has 1 heterocycles. The van der Waals surface area contributed by atoms with Crippen molar-refractivity contribution in [1.29, 1.82) is 0 Å². The number of nitrogens with two attached hydrogens (primary N) is 1. The van der Waals surface area contributed by atoms with E-state index in [1.165, 1.54) is 11.1 Å². The number of rotatable bonds is 4. The predicted molar refractivity (Wildman–Crippen MR) is 75.4 cm³/mol. The summed E-state index contributed by atoms with van der Waals surface area (Å²) >= 11 is 1.76. The van der Waals surface area contributed by atoms with Crippen molar-refractivity contribution in [2.75, 3.05) is 20.1 Å². The quantitative estimate of drug-likeness (QED) is 0.887. The number of benzene rings is 1. The topological polar surface area (TPSA) is 36.9 Å². The van der Waals surface area contributed by atoms with E-state index in [9.17, 15) is 4.79 Å². The molecule has 2 atom stereocenters. The summed E-state index contributed by atoms with van der Waals surface area (Å²) in [6.45, 7) is 5.91. The van der Waals surface area contributed by atoms with E-state index in [0.29, 0.717) is 0 Å². The fourth-order valence-corrected chi connectivity index (χ4v) is 3.68. The average Bonchev–Trinajstić information content (AvgIpc) is 2.64. The van der Waals surface area contributed by atoms with E-state index in [0.717, 1.165) is 13.1 Å². The minimum atomic E-state index is 0.0754. The lowest BCUT2D eigenvalue weighted by Gasteiger charge is -2.24. The first-order valence-corrected chi connectivity index (χ1v) is 7.38. The summed E-state index contributed by atoms with van der Waals surface area (Å²) in [6, 6.07) is 8.36. The molecule has 4 heteroatoms. The van der Waals surface area contributed by atoms with Gasteiger partial charge >= 0.3 is 0 Å². The average molecular weight is 265 g/mol. The second-order valence-corrected chi connectivity index (χ2v) is 6.14. The lowest BCUT2D eigenvalue weighted by atomic mass is 10.1. The Kier molecular flexibility index (Phi) is 4.30. The van der Waals surface area contributed by atoms with Crippen molar-refractivity contribution in [2.45, 2.75) is 24.5 Å². The number of quaternary nitrogens is 1. The Morgan fingerprint density at radius 1 is 1.39 bits per heavy atom. The highest BCUT2D eigenvalue weighted by Crippen LogP contribution is 2.43. The van der Waals surface area contributed by atoms with Gasteiger partial charge in [-0.3, -0.25) is 4.79 Å². The van der Waals surface area contributed by atoms with Gasteiger partial charge < -0.3 is 10.2 Å². The van der Waals surface area contributed by atoms with Gasteiger partial charge in [0.15, 0.2) is 0 Å².